The van der Waals surface area contributed by atoms with Crippen LogP contribution < -0.4 is 5.32 Å². The molecule has 3 heteroatoms. The van der Waals surface area contributed by atoms with E-state index in [0.29, 0.717) is 24.5 Å². The largest absolute Gasteiger partial charge is 0.388 e. The molecule has 1 aliphatic heterocycles. The van der Waals surface area contributed by atoms with Gasteiger partial charge in [-0.05, 0) is 38.0 Å². The van der Waals surface area contributed by atoms with E-state index in [2.05, 4.69) is 11.5 Å². The van der Waals surface area contributed by atoms with Crippen molar-refractivity contribution in [2.24, 2.45) is 5.92 Å². The molecule has 0 bridgehead atoms. The molecule has 1 aliphatic carbocycles. The van der Waals surface area contributed by atoms with Gasteiger partial charge in [-0.1, -0.05) is 0 Å². The van der Waals surface area contributed by atoms with Crippen molar-refractivity contribution >= 4 is 5.78 Å². The average Bonchev–Trinajstić information content (AvgIpc) is 2.60. The van der Waals surface area contributed by atoms with Crippen LogP contribution in [0.15, 0.2) is 11.8 Å². The van der Waals surface area contributed by atoms with Gasteiger partial charge in [0, 0.05) is 25.5 Å². The van der Waals surface area contributed by atoms with Crippen LogP contribution in [-0.2, 0) is 9.53 Å². The molecule has 1 fully saturated rings. The van der Waals surface area contributed by atoms with E-state index in [0.717, 1.165) is 19.3 Å². The molecule has 84 valence electrons. The highest BCUT2D eigenvalue weighted by Gasteiger charge is 2.35. The molecule has 2 aliphatic rings. The van der Waals surface area contributed by atoms with E-state index in [1.807, 2.05) is 0 Å². The van der Waals surface area contributed by atoms with Crippen molar-refractivity contribution in [2.75, 3.05) is 7.11 Å². The third kappa shape index (κ3) is 2.23. The minimum atomic E-state index is 0.253. The molecule has 15 heavy (non-hydrogen) atoms. The molecule has 1 N–H and O–H groups in total. The normalized spacial score (nSPS) is 34.3. The quantitative estimate of drug-likeness (QED) is 0.768. The van der Waals surface area contributed by atoms with Gasteiger partial charge < -0.3 is 10.1 Å². The van der Waals surface area contributed by atoms with Crippen molar-refractivity contribution < 1.29 is 9.53 Å². The highest BCUT2D eigenvalue weighted by Crippen LogP contribution is 2.36. The molecule has 0 saturated heterocycles. The predicted molar refractivity (Wildman–Crippen MR) is 58.4 cm³/mol. The van der Waals surface area contributed by atoms with Crippen LogP contribution in [0, 0.1) is 5.92 Å². The fourth-order valence-electron chi connectivity index (χ4n) is 2.75. The third-order valence-corrected chi connectivity index (χ3v) is 3.55. The zero-order chi connectivity index (χ0) is 10.8. The SMILES string of the molecule is COC1CCC2NC=C(CC(C)=O)C2C1. The van der Waals surface area contributed by atoms with Crippen molar-refractivity contribution in [1.29, 1.82) is 0 Å². The zero-order valence-electron chi connectivity index (χ0n) is 9.45. The summed E-state index contributed by atoms with van der Waals surface area (Å²) < 4.78 is 5.41. The average molecular weight is 209 g/mol. The number of methoxy groups -OCH3 is 1. The molecular weight excluding hydrogens is 190 g/mol. The number of rotatable bonds is 3. The highest BCUT2D eigenvalue weighted by atomic mass is 16.5. The zero-order valence-corrected chi connectivity index (χ0v) is 9.45. The minimum Gasteiger partial charge on any atom is -0.388 e. The van der Waals surface area contributed by atoms with E-state index in [-0.39, 0.29) is 5.78 Å². The number of Topliss-reactive ketones (excluding diaryl/α,β-unsaturated/α-hetero) is 1. The molecule has 0 amide bonds. The third-order valence-electron chi connectivity index (χ3n) is 3.55. The van der Waals surface area contributed by atoms with E-state index >= 15 is 0 Å². The number of carbonyl (C=O) groups is 1. The Balaban J connectivity index is 2.00. The van der Waals surface area contributed by atoms with Gasteiger partial charge in [0.2, 0.25) is 0 Å². The Kier molecular flexibility index (Phi) is 3.10. The van der Waals surface area contributed by atoms with E-state index in [1.54, 1.807) is 14.0 Å². The van der Waals surface area contributed by atoms with Crippen molar-refractivity contribution in [2.45, 2.75) is 44.8 Å². The number of hydrogen-bond donors (Lipinski definition) is 1. The van der Waals surface area contributed by atoms with Gasteiger partial charge in [0.1, 0.15) is 5.78 Å². The maximum atomic E-state index is 11.1. The summed E-state index contributed by atoms with van der Waals surface area (Å²) in [6.45, 7) is 1.66. The van der Waals surface area contributed by atoms with Gasteiger partial charge >= 0.3 is 0 Å². The predicted octanol–water partition coefficient (Wildman–Crippen LogP) is 1.64. The first kappa shape index (κ1) is 10.7. The first-order valence-electron chi connectivity index (χ1n) is 5.68. The van der Waals surface area contributed by atoms with E-state index < -0.39 is 0 Å². The Morgan fingerprint density at radius 3 is 3.07 bits per heavy atom. The molecule has 1 heterocycles. The van der Waals surface area contributed by atoms with Crippen LogP contribution in [0.3, 0.4) is 0 Å². The lowest BCUT2D eigenvalue weighted by atomic mass is 9.79. The first-order chi connectivity index (χ1) is 7.20. The molecule has 0 aromatic rings. The van der Waals surface area contributed by atoms with Crippen molar-refractivity contribution in [3.8, 4) is 0 Å². The second-order valence-corrected chi connectivity index (χ2v) is 4.65. The maximum Gasteiger partial charge on any atom is 0.133 e. The van der Waals surface area contributed by atoms with E-state index in [1.165, 1.54) is 5.57 Å². The molecule has 0 radical (unpaired) electrons. The number of nitrogens with one attached hydrogen (secondary N) is 1. The second kappa shape index (κ2) is 4.35. The molecule has 0 aromatic carbocycles. The molecule has 3 atom stereocenters. The summed E-state index contributed by atoms with van der Waals surface area (Å²) >= 11 is 0. The summed E-state index contributed by atoms with van der Waals surface area (Å²) in [6.07, 6.45) is 6.38. The smallest absolute Gasteiger partial charge is 0.133 e. The van der Waals surface area contributed by atoms with Crippen LogP contribution >= 0.6 is 0 Å². The number of carbonyl (C=O) groups excluding carboxylic acids is 1. The topological polar surface area (TPSA) is 38.3 Å². The van der Waals surface area contributed by atoms with Gasteiger partial charge in [-0.2, -0.15) is 0 Å². The van der Waals surface area contributed by atoms with Gasteiger partial charge in [-0.3, -0.25) is 4.79 Å². The van der Waals surface area contributed by atoms with Crippen molar-refractivity contribution in [3.05, 3.63) is 11.8 Å². The summed E-state index contributed by atoms with van der Waals surface area (Å²) in [5.74, 6) is 0.774. The first-order valence-corrected chi connectivity index (χ1v) is 5.68. The molecule has 3 nitrogen and oxygen atoms in total. The Hall–Kier alpha value is -0.830. The Morgan fingerprint density at radius 2 is 2.40 bits per heavy atom. The maximum absolute atomic E-state index is 11.1. The summed E-state index contributed by atoms with van der Waals surface area (Å²) in [7, 11) is 1.78. The summed E-state index contributed by atoms with van der Waals surface area (Å²) in [6, 6.07) is 0.547. The Morgan fingerprint density at radius 1 is 1.60 bits per heavy atom. The van der Waals surface area contributed by atoms with Gasteiger partial charge in [0.25, 0.3) is 0 Å². The van der Waals surface area contributed by atoms with Gasteiger partial charge in [0.05, 0.1) is 6.10 Å². The number of hydrogen-bond acceptors (Lipinski definition) is 3. The van der Waals surface area contributed by atoms with Crippen LogP contribution in [0.1, 0.15) is 32.6 Å². The van der Waals surface area contributed by atoms with E-state index in [4.69, 9.17) is 4.74 Å². The molecule has 3 unspecified atom stereocenters. The summed E-state index contributed by atoms with van der Waals surface area (Å²) in [4.78, 5) is 11.1. The van der Waals surface area contributed by atoms with Gasteiger partial charge in [-0.15, -0.1) is 0 Å². The monoisotopic (exact) mass is 209 g/mol. The standard InChI is InChI=1S/C12H19NO2/c1-8(14)5-9-7-13-12-4-3-10(15-2)6-11(9)12/h7,10-13H,3-6H2,1-2H3. The number of fused-ring (bicyclic) bond motifs is 1. The molecule has 0 aromatic heterocycles. The lowest BCUT2D eigenvalue weighted by Gasteiger charge is -2.32. The van der Waals surface area contributed by atoms with Crippen LogP contribution in [0.2, 0.25) is 0 Å². The minimum absolute atomic E-state index is 0.253. The Bertz CT molecular complexity index is 285. The lowest BCUT2D eigenvalue weighted by Crippen LogP contribution is -2.36. The lowest BCUT2D eigenvalue weighted by molar-refractivity contribution is -0.116. The van der Waals surface area contributed by atoms with E-state index in [9.17, 15) is 4.79 Å². The molecule has 1 saturated carbocycles. The van der Waals surface area contributed by atoms with Crippen LogP contribution in [0.25, 0.3) is 0 Å². The van der Waals surface area contributed by atoms with Crippen molar-refractivity contribution in [3.63, 3.8) is 0 Å². The highest BCUT2D eigenvalue weighted by molar-refractivity contribution is 5.78. The molecular formula is C12H19NO2. The van der Waals surface area contributed by atoms with Crippen molar-refractivity contribution in [1.82, 2.24) is 5.32 Å². The number of ketones is 1. The van der Waals surface area contributed by atoms with Gasteiger partial charge in [0.15, 0.2) is 0 Å². The molecule has 0 spiro atoms. The summed E-state index contributed by atoms with van der Waals surface area (Å²) in [5, 5.41) is 3.39. The van der Waals surface area contributed by atoms with Crippen LogP contribution in [0.4, 0.5) is 0 Å². The van der Waals surface area contributed by atoms with Crippen LogP contribution in [-0.4, -0.2) is 25.0 Å². The Labute approximate surface area is 90.9 Å². The molecule has 2 rings (SSSR count). The van der Waals surface area contributed by atoms with Gasteiger partial charge in [-0.25, -0.2) is 0 Å². The second-order valence-electron chi connectivity index (χ2n) is 4.65. The fourth-order valence-corrected chi connectivity index (χ4v) is 2.75. The van der Waals surface area contributed by atoms with Crippen LogP contribution in [0.5, 0.6) is 0 Å². The number of ether oxygens (including phenoxy) is 1. The fraction of sp³-hybridized carbons (Fsp3) is 0.750. The summed E-state index contributed by atoms with van der Waals surface area (Å²) in [5.41, 5.74) is 1.27.